The predicted octanol–water partition coefficient (Wildman–Crippen LogP) is 2.35. The number of hydrogen-bond acceptors (Lipinski definition) is 4. The fraction of sp³-hybridized carbons (Fsp3) is 0.529. The van der Waals surface area contributed by atoms with E-state index in [1.807, 2.05) is 17.8 Å². The number of ether oxygens (including phenoxy) is 1. The van der Waals surface area contributed by atoms with Gasteiger partial charge in [-0.25, -0.2) is 0 Å². The fourth-order valence-electron chi connectivity index (χ4n) is 2.02. The summed E-state index contributed by atoms with van der Waals surface area (Å²) >= 11 is 1.86. The molecular weight excluding hydrogens is 451 g/mol. The fourth-order valence-corrected chi connectivity index (χ4v) is 2.51. The Morgan fingerprint density at radius 2 is 1.88 bits per heavy atom. The third-order valence-electron chi connectivity index (χ3n) is 3.33. The highest BCUT2D eigenvalue weighted by atomic mass is 127. The molecular formula is C17H29IN4O2S. The molecule has 8 heteroatoms. The number of nitrogens with one attached hydrogen (secondary N) is 3. The van der Waals surface area contributed by atoms with Crippen molar-refractivity contribution in [3.8, 4) is 5.75 Å². The van der Waals surface area contributed by atoms with E-state index in [0.717, 1.165) is 18.9 Å². The third kappa shape index (κ3) is 10.4. The molecule has 142 valence electrons. The van der Waals surface area contributed by atoms with Gasteiger partial charge >= 0.3 is 0 Å². The van der Waals surface area contributed by atoms with E-state index in [1.54, 1.807) is 32.4 Å². The number of hydrogen-bond donors (Lipinski definition) is 3. The SMILES string of the molecule is CN=C(NCCCCSC)NCCNC(=O)c1cccc(OC)c1.I. The van der Waals surface area contributed by atoms with Crippen molar-refractivity contribution in [2.45, 2.75) is 12.8 Å². The molecule has 0 aromatic heterocycles. The van der Waals surface area contributed by atoms with Gasteiger partial charge in [0.1, 0.15) is 5.75 Å². The molecule has 0 heterocycles. The van der Waals surface area contributed by atoms with E-state index < -0.39 is 0 Å². The first-order valence-electron chi connectivity index (χ1n) is 8.07. The van der Waals surface area contributed by atoms with Crippen molar-refractivity contribution in [3.05, 3.63) is 29.8 Å². The number of thioether (sulfide) groups is 1. The van der Waals surface area contributed by atoms with Crippen molar-refractivity contribution in [2.75, 3.05) is 45.8 Å². The molecule has 0 bridgehead atoms. The summed E-state index contributed by atoms with van der Waals surface area (Å²) in [6, 6.07) is 7.10. The normalized spacial score (nSPS) is 10.6. The molecule has 0 fully saturated rings. The first-order chi connectivity index (χ1) is 11.7. The lowest BCUT2D eigenvalue weighted by molar-refractivity contribution is 0.0954. The molecule has 0 aliphatic rings. The van der Waals surface area contributed by atoms with Gasteiger partial charge < -0.3 is 20.7 Å². The van der Waals surface area contributed by atoms with E-state index >= 15 is 0 Å². The standard InChI is InChI=1S/C17H28N4O2S.HI/c1-18-17(20-9-4-5-12-24-3)21-11-10-19-16(22)14-7-6-8-15(13-14)23-2;/h6-8,13H,4-5,9-12H2,1-3H3,(H,19,22)(H2,18,20,21);1H. The van der Waals surface area contributed by atoms with Crippen LogP contribution in [0.25, 0.3) is 0 Å². The quantitative estimate of drug-likeness (QED) is 0.208. The van der Waals surface area contributed by atoms with E-state index in [2.05, 4.69) is 27.2 Å². The lowest BCUT2D eigenvalue weighted by atomic mass is 10.2. The lowest BCUT2D eigenvalue weighted by Gasteiger charge is -2.12. The number of guanidine groups is 1. The van der Waals surface area contributed by atoms with Gasteiger partial charge in [0, 0.05) is 32.2 Å². The lowest BCUT2D eigenvalue weighted by Crippen LogP contribution is -2.41. The van der Waals surface area contributed by atoms with E-state index in [0.29, 0.717) is 24.4 Å². The molecule has 1 amide bonds. The van der Waals surface area contributed by atoms with Crippen LogP contribution < -0.4 is 20.7 Å². The Labute approximate surface area is 172 Å². The van der Waals surface area contributed by atoms with Gasteiger partial charge in [0.15, 0.2) is 5.96 Å². The number of amides is 1. The molecule has 1 aromatic rings. The summed E-state index contributed by atoms with van der Waals surface area (Å²) in [6.45, 7) is 2.03. The molecule has 3 N–H and O–H groups in total. The molecule has 0 aliphatic carbocycles. The van der Waals surface area contributed by atoms with Gasteiger partial charge in [-0.1, -0.05) is 6.07 Å². The summed E-state index contributed by atoms with van der Waals surface area (Å²) in [4.78, 5) is 16.2. The second-order valence-electron chi connectivity index (χ2n) is 5.11. The average molecular weight is 480 g/mol. The minimum absolute atomic E-state index is 0. The van der Waals surface area contributed by atoms with Gasteiger partial charge in [-0.2, -0.15) is 11.8 Å². The number of rotatable bonds is 10. The predicted molar refractivity (Wildman–Crippen MR) is 118 cm³/mol. The Kier molecular flexibility index (Phi) is 14.4. The highest BCUT2D eigenvalue weighted by molar-refractivity contribution is 14.0. The van der Waals surface area contributed by atoms with E-state index in [-0.39, 0.29) is 29.9 Å². The Hall–Kier alpha value is -1.16. The van der Waals surface area contributed by atoms with E-state index in [4.69, 9.17) is 4.74 Å². The van der Waals surface area contributed by atoms with Gasteiger partial charge in [0.2, 0.25) is 0 Å². The van der Waals surface area contributed by atoms with Crippen LogP contribution >= 0.6 is 35.7 Å². The van der Waals surface area contributed by atoms with E-state index in [9.17, 15) is 4.79 Å². The first kappa shape index (κ1) is 23.8. The van der Waals surface area contributed by atoms with Gasteiger partial charge in [-0.05, 0) is 43.0 Å². The summed E-state index contributed by atoms with van der Waals surface area (Å²) in [5.74, 6) is 2.50. The smallest absolute Gasteiger partial charge is 0.251 e. The number of benzene rings is 1. The van der Waals surface area contributed by atoms with Crippen LogP contribution in [0.1, 0.15) is 23.2 Å². The highest BCUT2D eigenvalue weighted by Gasteiger charge is 2.05. The van der Waals surface area contributed by atoms with Crippen LogP contribution in [0.3, 0.4) is 0 Å². The topological polar surface area (TPSA) is 74.8 Å². The minimum atomic E-state index is -0.115. The number of carbonyl (C=O) groups excluding carboxylic acids is 1. The second kappa shape index (κ2) is 15.1. The van der Waals surface area contributed by atoms with Gasteiger partial charge in [-0.3, -0.25) is 9.79 Å². The Morgan fingerprint density at radius 3 is 2.56 bits per heavy atom. The number of halogens is 1. The number of nitrogens with zero attached hydrogens (tertiary/aromatic N) is 1. The maximum Gasteiger partial charge on any atom is 0.251 e. The van der Waals surface area contributed by atoms with Crippen LogP contribution in [-0.4, -0.2) is 57.7 Å². The summed E-state index contributed by atoms with van der Waals surface area (Å²) in [6.07, 6.45) is 4.43. The summed E-state index contributed by atoms with van der Waals surface area (Å²) in [5.41, 5.74) is 0.589. The van der Waals surface area contributed by atoms with Gasteiger partial charge in [0.25, 0.3) is 5.91 Å². The molecule has 0 radical (unpaired) electrons. The maximum atomic E-state index is 12.1. The van der Waals surface area contributed by atoms with Crippen LogP contribution in [0.5, 0.6) is 5.75 Å². The summed E-state index contributed by atoms with van der Waals surface area (Å²) in [5, 5.41) is 9.32. The monoisotopic (exact) mass is 480 g/mol. The zero-order valence-electron chi connectivity index (χ0n) is 15.1. The van der Waals surface area contributed by atoms with Crippen LogP contribution in [0, 0.1) is 0 Å². The third-order valence-corrected chi connectivity index (χ3v) is 4.02. The zero-order valence-corrected chi connectivity index (χ0v) is 18.3. The number of aliphatic imine (C=N–C) groups is 1. The van der Waals surface area contributed by atoms with Crippen LogP contribution in [0.4, 0.5) is 0 Å². The van der Waals surface area contributed by atoms with E-state index in [1.165, 1.54) is 12.2 Å². The van der Waals surface area contributed by atoms with Gasteiger partial charge in [0.05, 0.1) is 7.11 Å². The maximum absolute atomic E-state index is 12.1. The Bertz CT molecular complexity index is 529. The van der Waals surface area contributed by atoms with Crippen LogP contribution in [0.15, 0.2) is 29.3 Å². The second-order valence-corrected chi connectivity index (χ2v) is 6.10. The molecule has 0 saturated heterocycles. The molecule has 6 nitrogen and oxygen atoms in total. The Balaban J connectivity index is 0.00000576. The summed E-state index contributed by atoms with van der Waals surface area (Å²) in [7, 11) is 3.33. The highest BCUT2D eigenvalue weighted by Crippen LogP contribution is 2.12. The van der Waals surface area contributed by atoms with Crippen molar-refractivity contribution in [1.29, 1.82) is 0 Å². The van der Waals surface area contributed by atoms with Crippen molar-refractivity contribution >= 4 is 47.6 Å². The minimum Gasteiger partial charge on any atom is -0.497 e. The molecule has 25 heavy (non-hydrogen) atoms. The van der Waals surface area contributed by atoms with Crippen LogP contribution in [-0.2, 0) is 0 Å². The van der Waals surface area contributed by atoms with Crippen LogP contribution in [0.2, 0.25) is 0 Å². The molecule has 0 spiro atoms. The number of unbranched alkanes of at least 4 members (excludes halogenated alkanes) is 1. The van der Waals surface area contributed by atoms with Crippen molar-refractivity contribution < 1.29 is 9.53 Å². The average Bonchev–Trinajstić information content (AvgIpc) is 2.63. The molecule has 0 atom stereocenters. The number of carbonyl (C=O) groups is 1. The largest absolute Gasteiger partial charge is 0.497 e. The summed E-state index contributed by atoms with van der Waals surface area (Å²) < 4.78 is 5.12. The van der Waals surface area contributed by atoms with Gasteiger partial charge in [-0.15, -0.1) is 24.0 Å². The molecule has 0 aliphatic heterocycles. The Morgan fingerprint density at radius 1 is 1.16 bits per heavy atom. The number of methoxy groups -OCH3 is 1. The van der Waals surface area contributed by atoms with Crippen molar-refractivity contribution in [2.24, 2.45) is 4.99 Å². The van der Waals surface area contributed by atoms with Crippen molar-refractivity contribution in [3.63, 3.8) is 0 Å². The first-order valence-corrected chi connectivity index (χ1v) is 9.46. The van der Waals surface area contributed by atoms with Crippen molar-refractivity contribution in [1.82, 2.24) is 16.0 Å². The zero-order chi connectivity index (χ0) is 17.6. The molecule has 1 aromatic carbocycles. The molecule has 0 unspecified atom stereocenters. The molecule has 1 rings (SSSR count). The molecule has 0 saturated carbocycles.